The topological polar surface area (TPSA) is 67.5 Å². The third kappa shape index (κ3) is 3.48. The monoisotopic (exact) mass is 284 g/mol. The Kier molecular flexibility index (Phi) is 4.38. The van der Waals surface area contributed by atoms with Gasteiger partial charge in [-0.1, -0.05) is 37.3 Å². The molecule has 1 N–H and O–H groups in total. The molecule has 2 rings (SSSR count). The van der Waals surface area contributed by atoms with Gasteiger partial charge in [-0.15, -0.1) is 0 Å². The second kappa shape index (κ2) is 6.22. The fraction of sp³-hybridized carbons (Fsp3) is 0.176. The molecule has 0 saturated carbocycles. The highest BCUT2D eigenvalue weighted by atomic mass is 16.4. The summed E-state index contributed by atoms with van der Waals surface area (Å²) in [6, 6.07) is 8.97. The Labute approximate surface area is 122 Å². The quantitative estimate of drug-likeness (QED) is 0.692. The number of rotatable bonds is 4. The molecule has 4 nitrogen and oxygen atoms in total. The van der Waals surface area contributed by atoms with Crippen molar-refractivity contribution in [3.63, 3.8) is 0 Å². The predicted octanol–water partition coefficient (Wildman–Crippen LogP) is 3.11. The smallest absolute Gasteiger partial charge is 0.351 e. The summed E-state index contributed by atoms with van der Waals surface area (Å²) in [4.78, 5) is 23.6. The van der Waals surface area contributed by atoms with Crippen LogP contribution < -0.4 is 5.63 Å². The average molecular weight is 284 g/mol. The summed E-state index contributed by atoms with van der Waals surface area (Å²) in [6.07, 6.45) is 3.80. The summed E-state index contributed by atoms with van der Waals surface area (Å²) in [5.74, 6) is -0.686. The van der Waals surface area contributed by atoms with E-state index in [0.29, 0.717) is 0 Å². The minimum Gasteiger partial charge on any atom is -0.507 e. The molecule has 2 aromatic rings. The van der Waals surface area contributed by atoms with Gasteiger partial charge in [-0.2, -0.15) is 0 Å². The highest BCUT2D eigenvalue weighted by Crippen LogP contribution is 2.16. The number of aryl methyl sites for hydroxylation is 2. The summed E-state index contributed by atoms with van der Waals surface area (Å²) in [6.45, 7) is 3.59. The molecule has 21 heavy (non-hydrogen) atoms. The van der Waals surface area contributed by atoms with Crippen LogP contribution in [-0.2, 0) is 6.42 Å². The number of hydrogen-bond donors (Lipinski definition) is 1. The van der Waals surface area contributed by atoms with Gasteiger partial charge in [0.15, 0.2) is 5.78 Å². The van der Waals surface area contributed by atoms with Crippen LogP contribution in [0.3, 0.4) is 0 Å². The molecule has 0 amide bonds. The maximum absolute atomic E-state index is 12.0. The molecule has 0 atom stereocenters. The van der Waals surface area contributed by atoms with Crippen molar-refractivity contribution in [2.24, 2.45) is 0 Å². The van der Waals surface area contributed by atoms with Crippen LogP contribution in [0.2, 0.25) is 0 Å². The van der Waals surface area contributed by atoms with Gasteiger partial charge in [0.25, 0.3) is 0 Å². The second-order valence-electron chi connectivity index (χ2n) is 4.70. The van der Waals surface area contributed by atoms with E-state index in [2.05, 4.69) is 6.92 Å². The van der Waals surface area contributed by atoms with Crippen molar-refractivity contribution in [3.05, 3.63) is 69.3 Å². The molecular weight excluding hydrogens is 268 g/mol. The summed E-state index contributed by atoms with van der Waals surface area (Å²) < 4.78 is 4.82. The number of carbonyl (C=O) groups is 1. The van der Waals surface area contributed by atoms with E-state index in [1.54, 1.807) is 6.08 Å². The average Bonchev–Trinajstić information content (AvgIpc) is 2.44. The molecule has 1 heterocycles. The van der Waals surface area contributed by atoms with Crippen molar-refractivity contribution < 1.29 is 14.3 Å². The summed E-state index contributed by atoms with van der Waals surface area (Å²) in [5, 5.41) is 9.69. The number of aromatic hydroxyl groups is 1. The van der Waals surface area contributed by atoms with Crippen LogP contribution in [0.15, 0.2) is 45.6 Å². The van der Waals surface area contributed by atoms with Gasteiger partial charge < -0.3 is 9.52 Å². The Balaban J connectivity index is 2.25. The fourth-order valence-electron chi connectivity index (χ4n) is 1.94. The van der Waals surface area contributed by atoms with Gasteiger partial charge in [-0.05, 0) is 30.5 Å². The standard InChI is InChI=1S/C17H16O4/c1-3-12-4-6-13(7-5-12)8-9-14(18)16-15(19)10-11(2)21-17(16)20/h4-10,19H,3H2,1-2H3/b9-8+. The molecule has 1 aromatic heterocycles. The van der Waals surface area contributed by atoms with Crippen LogP contribution in [-0.4, -0.2) is 10.9 Å². The maximum atomic E-state index is 12.0. The zero-order valence-corrected chi connectivity index (χ0v) is 11.9. The lowest BCUT2D eigenvalue weighted by Gasteiger charge is -2.00. The lowest BCUT2D eigenvalue weighted by atomic mass is 10.1. The van der Waals surface area contributed by atoms with E-state index in [1.807, 2.05) is 24.3 Å². The van der Waals surface area contributed by atoms with Crippen molar-refractivity contribution in [3.8, 4) is 5.75 Å². The van der Waals surface area contributed by atoms with Gasteiger partial charge in [-0.3, -0.25) is 4.79 Å². The molecule has 0 saturated heterocycles. The van der Waals surface area contributed by atoms with Crippen LogP contribution in [0, 0.1) is 6.92 Å². The molecule has 4 heteroatoms. The van der Waals surface area contributed by atoms with E-state index in [4.69, 9.17) is 4.42 Å². The van der Waals surface area contributed by atoms with Crippen molar-refractivity contribution in [2.45, 2.75) is 20.3 Å². The molecular formula is C17H16O4. The van der Waals surface area contributed by atoms with E-state index in [1.165, 1.54) is 24.6 Å². The van der Waals surface area contributed by atoms with Crippen LogP contribution in [0.5, 0.6) is 5.75 Å². The molecule has 0 fully saturated rings. The van der Waals surface area contributed by atoms with Gasteiger partial charge in [0.1, 0.15) is 17.1 Å². The molecule has 0 spiro atoms. The molecule has 0 aliphatic carbocycles. The summed E-state index contributed by atoms with van der Waals surface area (Å²) in [5.41, 5.74) is 0.873. The van der Waals surface area contributed by atoms with E-state index in [0.717, 1.165) is 12.0 Å². The molecule has 0 aliphatic rings. The summed E-state index contributed by atoms with van der Waals surface area (Å²) >= 11 is 0. The minimum absolute atomic E-state index is 0.258. The fourth-order valence-corrected chi connectivity index (χ4v) is 1.94. The summed E-state index contributed by atoms with van der Waals surface area (Å²) in [7, 11) is 0. The van der Waals surface area contributed by atoms with Gasteiger partial charge >= 0.3 is 5.63 Å². The first-order valence-electron chi connectivity index (χ1n) is 6.66. The zero-order chi connectivity index (χ0) is 15.4. The number of benzene rings is 1. The first-order chi connectivity index (χ1) is 10.0. The van der Waals surface area contributed by atoms with Crippen molar-refractivity contribution in [1.29, 1.82) is 0 Å². The third-order valence-electron chi connectivity index (χ3n) is 3.12. The van der Waals surface area contributed by atoms with Crippen LogP contribution >= 0.6 is 0 Å². The lowest BCUT2D eigenvalue weighted by molar-refractivity contribution is 0.104. The van der Waals surface area contributed by atoms with Crippen LogP contribution in [0.4, 0.5) is 0 Å². The Bertz CT molecular complexity index is 736. The SMILES string of the molecule is CCc1ccc(/C=C/C(=O)c2c(O)cc(C)oc2=O)cc1. The van der Waals surface area contributed by atoms with Crippen molar-refractivity contribution in [1.82, 2.24) is 0 Å². The molecule has 1 aromatic carbocycles. The van der Waals surface area contributed by atoms with E-state index in [-0.39, 0.29) is 17.1 Å². The van der Waals surface area contributed by atoms with Crippen molar-refractivity contribution in [2.75, 3.05) is 0 Å². The molecule has 0 aliphatic heterocycles. The highest BCUT2D eigenvalue weighted by Gasteiger charge is 2.15. The zero-order valence-electron chi connectivity index (χ0n) is 11.9. The van der Waals surface area contributed by atoms with Crippen LogP contribution in [0.25, 0.3) is 6.08 Å². The Morgan fingerprint density at radius 1 is 1.29 bits per heavy atom. The molecule has 108 valence electrons. The lowest BCUT2D eigenvalue weighted by Crippen LogP contribution is -2.12. The number of ketones is 1. The van der Waals surface area contributed by atoms with E-state index in [9.17, 15) is 14.7 Å². The van der Waals surface area contributed by atoms with Gasteiger partial charge in [0.05, 0.1) is 0 Å². The maximum Gasteiger partial charge on any atom is 0.351 e. The van der Waals surface area contributed by atoms with Crippen LogP contribution in [0.1, 0.15) is 34.2 Å². The second-order valence-corrected chi connectivity index (χ2v) is 4.70. The predicted molar refractivity (Wildman–Crippen MR) is 80.6 cm³/mol. The number of allylic oxidation sites excluding steroid dienone is 1. The Hall–Kier alpha value is -2.62. The first-order valence-corrected chi connectivity index (χ1v) is 6.66. The van der Waals surface area contributed by atoms with Gasteiger partial charge in [0.2, 0.25) is 0 Å². The first kappa shape index (κ1) is 14.8. The van der Waals surface area contributed by atoms with Gasteiger partial charge in [-0.25, -0.2) is 4.79 Å². The van der Waals surface area contributed by atoms with E-state index >= 15 is 0 Å². The number of carbonyl (C=O) groups excluding carboxylic acids is 1. The normalized spacial score (nSPS) is 11.0. The molecule has 0 radical (unpaired) electrons. The largest absolute Gasteiger partial charge is 0.507 e. The Morgan fingerprint density at radius 3 is 2.52 bits per heavy atom. The highest BCUT2D eigenvalue weighted by molar-refractivity contribution is 6.08. The molecule has 0 unspecified atom stereocenters. The molecule has 0 bridgehead atoms. The van der Waals surface area contributed by atoms with Gasteiger partial charge in [0, 0.05) is 6.07 Å². The van der Waals surface area contributed by atoms with Crippen molar-refractivity contribution >= 4 is 11.9 Å². The third-order valence-corrected chi connectivity index (χ3v) is 3.12. The Morgan fingerprint density at radius 2 is 1.95 bits per heavy atom. The number of hydrogen-bond acceptors (Lipinski definition) is 4. The minimum atomic E-state index is -0.830. The van der Waals surface area contributed by atoms with E-state index < -0.39 is 11.4 Å².